The maximum atomic E-state index is 12.8. The standard InChI is InChI=1S/C20H25N5O7S/c1-13(19(26)22-16-4-6-17(7-5-16)25(28)29)32-20(27)15-8-10-24(11-9-15)33(30,31)18-12-23(3)14(2)21-18/h4-7,12-13,15H,8-11H2,1-3H3,(H,22,26). The number of amides is 1. The maximum absolute atomic E-state index is 12.8. The van der Waals surface area contributed by atoms with Crippen molar-refractivity contribution in [2.24, 2.45) is 13.0 Å². The first-order valence-electron chi connectivity index (χ1n) is 10.2. The van der Waals surface area contributed by atoms with E-state index in [2.05, 4.69) is 10.3 Å². The van der Waals surface area contributed by atoms with Crippen molar-refractivity contribution in [2.75, 3.05) is 18.4 Å². The molecule has 33 heavy (non-hydrogen) atoms. The zero-order valence-electron chi connectivity index (χ0n) is 18.4. The summed E-state index contributed by atoms with van der Waals surface area (Å²) in [6.45, 7) is 3.41. The third kappa shape index (κ3) is 5.54. The number of benzene rings is 1. The van der Waals surface area contributed by atoms with E-state index >= 15 is 0 Å². The van der Waals surface area contributed by atoms with Gasteiger partial charge in [-0.05, 0) is 38.8 Å². The van der Waals surface area contributed by atoms with Crippen molar-refractivity contribution in [3.63, 3.8) is 0 Å². The van der Waals surface area contributed by atoms with Crippen LogP contribution in [-0.4, -0.2) is 58.3 Å². The van der Waals surface area contributed by atoms with Crippen molar-refractivity contribution < 1.29 is 27.7 Å². The first-order chi connectivity index (χ1) is 15.5. The molecule has 1 saturated heterocycles. The summed E-state index contributed by atoms with van der Waals surface area (Å²) in [5.74, 6) is -1.11. The van der Waals surface area contributed by atoms with Crippen LogP contribution in [-0.2, 0) is 31.4 Å². The molecule has 0 radical (unpaired) electrons. The molecule has 1 N–H and O–H groups in total. The van der Waals surface area contributed by atoms with Crippen molar-refractivity contribution in [1.29, 1.82) is 0 Å². The van der Waals surface area contributed by atoms with Crippen LogP contribution in [0.25, 0.3) is 0 Å². The molecule has 13 heteroatoms. The number of carbonyl (C=O) groups excluding carboxylic acids is 2. The van der Waals surface area contributed by atoms with Gasteiger partial charge in [0.25, 0.3) is 21.6 Å². The van der Waals surface area contributed by atoms with E-state index in [4.69, 9.17) is 4.74 Å². The SMILES string of the molecule is Cc1nc(S(=O)(=O)N2CCC(C(=O)OC(C)C(=O)Nc3ccc([N+](=O)[O-])cc3)CC2)cn1C. The second-order valence-corrected chi connectivity index (χ2v) is 9.67. The average molecular weight is 480 g/mol. The molecule has 1 fully saturated rings. The topological polar surface area (TPSA) is 154 Å². The highest BCUT2D eigenvalue weighted by molar-refractivity contribution is 7.89. The average Bonchev–Trinajstić information content (AvgIpc) is 3.13. The summed E-state index contributed by atoms with van der Waals surface area (Å²) in [5.41, 5.74) is 0.218. The molecule has 12 nitrogen and oxygen atoms in total. The Morgan fingerprint density at radius 3 is 2.36 bits per heavy atom. The van der Waals surface area contributed by atoms with Gasteiger partial charge in [0, 0.05) is 44.2 Å². The highest BCUT2D eigenvalue weighted by Crippen LogP contribution is 2.25. The van der Waals surface area contributed by atoms with Gasteiger partial charge < -0.3 is 14.6 Å². The van der Waals surface area contributed by atoms with Crippen LogP contribution >= 0.6 is 0 Å². The molecule has 2 heterocycles. The van der Waals surface area contributed by atoms with Crippen molar-refractivity contribution in [3.8, 4) is 0 Å². The van der Waals surface area contributed by atoms with Crippen LogP contribution in [0, 0.1) is 23.0 Å². The number of hydrogen-bond donors (Lipinski definition) is 1. The molecule has 1 aromatic heterocycles. The van der Waals surface area contributed by atoms with E-state index in [1.807, 2.05) is 0 Å². The molecule has 2 aromatic rings. The Morgan fingerprint density at radius 1 is 1.24 bits per heavy atom. The number of anilines is 1. The molecular weight excluding hydrogens is 454 g/mol. The van der Waals surface area contributed by atoms with Crippen LogP contribution in [0.4, 0.5) is 11.4 Å². The van der Waals surface area contributed by atoms with Crippen LogP contribution in [0.15, 0.2) is 35.5 Å². The summed E-state index contributed by atoms with van der Waals surface area (Å²) >= 11 is 0. The fraction of sp³-hybridized carbons (Fsp3) is 0.450. The number of aromatic nitrogens is 2. The predicted molar refractivity (Wildman–Crippen MR) is 117 cm³/mol. The number of esters is 1. The maximum Gasteiger partial charge on any atom is 0.309 e. The number of nitro groups is 1. The van der Waals surface area contributed by atoms with E-state index in [0.29, 0.717) is 11.5 Å². The second kappa shape index (κ2) is 9.67. The number of imidazole rings is 1. The summed E-state index contributed by atoms with van der Waals surface area (Å²) < 4.78 is 33.7. The van der Waals surface area contributed by atoms with E-state index in [1.165, 1.54) is 41.7 Å². The molecule has 1 aliphatic heterocycles. The molecule has 178 valence electrons. The quantitative estimate of drug-likeness (QED) is 0.357. The Bertz CT molecular complexity index is 1130. The summed E-state index contributed by atoms with van der Waals surface area (Å²) in [5, 5.41) is 13.2. The smallest absolute Gasteiger partial charge is 0.309 e. The molecule has 0 bridgehead atoms. The van der Waals surface area contributed by atoms with Gasteiger partial charge in [0.2, 0.25) is 0 Å². The summed E-state index contributed by atoms with van der Waals surface area (Å²) in [7, 11) is -2.04. The molecule has 0 spiro atoms. The van der Waals surface area contributed by atoms with Gasteiger partial charge in [-0.1, -0.05) is 0 Å². The Kier molecular flexibility index (Phi) is 7.12. The first kappa shape index (κ1) is 24.3. The van der Waals surface area contributed by atoms with Crippen LogP contribution in [0.5, 0.6) is 0 Å². The second-order valence-electron chi connectivity index (χ2n) is 7.79. The van der Waals surface area contributed by atoms with Gasteiger partial charge in [0.1, 0.15) is 5.82 Å². The molecule has 1 unspecified atom stereocenters. The lowest BCUT2D eigenvalue weighted by Crippen LogP contribution is -2.41. The van der Waals surface area contributed by atoms with Crippen LogP contribution in [0.3, 0.4) is 0 Å². The number of non-ortho nitro benzene ring substituents is 1. The lowest BCUT2D eigenvalue weighted by molar-refractivity contribution is -0.384. The number of carbonyl (C=O) groups is 2. The number of hydrogen-bond acceptors (Lipinski definition) is 8. The highest BCUT2D eigenvalue weighted by atomic mass is 32.2. The van der Waals surface area contributed by atoms with Crippen molar-refractivity contribution in [2.45, 2.75) is 37.8 Å². The molecule has 1 amide bonds. The van der Waals surface area contributed by atoms with Crippen molar-refractivity contribution in [1.82, 2.24) is 13.9 Å². The van der Waals surface area contributed by atoms with Gasteiger partial charge in [0.15, 0.2) is 11.1 Å². The summed E-state index contributed by atoms with van der Waals surface area (Å²) in [6.07, 6.45) is 0.892. The lowest BCUT2D eigenvalue weighted by Gasteiger charge is -2.30. The zero-order valence-corrected chi connectivity index (χ0v) is 19.2. The molecule has 1 aliphatic rings. The molecular formula is C20H25N5O7S. The van der Waals surface area contributed by atoms with Gasteiger partial charge >= 0.3 is 5.97 Å². The number of aryl methyl sites for hydroxylation is 2. The van der Waals surface area contributed by atoms with Gasteiger partial charge in [-0.3, -0.25) is 19.7 Å². The number of piperidine rings is 1. The minimum Gasteiger partial charge on any atom is -0.452 e. The van der Waals surface area contributed by atoms with E-state index in [0.717, 1.165) is 0 Å². The number of rotatable bonds is 7. The predicted octanol–water partition coefficient (Wildman–Crippen LogP) is 1.61. The fourth-order valence-corrected chi connectivity index (χ4v) is 4.84. The van der Waals surface area contributed by atoms with Crippen molar-refractivity contribution >= 4 is 33.3 Å². The van der Waals surface area contributed by atoms with Gasteiger partial charge in [-0.25, -0.2) is 13.4 Å². The van der Waals surface area contributed by atoms with E-state index in [9.17, 15) is 28.1 Å². The molecule has 3 rings (SSSR count). The molecule has 1 aromatic carbocycles. The number of nitrogens with one attached hydrogen (secondary N) is 1. The largest absolute Gasteiger partial charge is 0.452 e. The molecule has 1 atom stereocenters. The van der Waals surface area contributed by atoms with Crippen LogP contribution in [0.1, 0.15) is 25.6 Å². The number of ether oxygens (including phenoxy) is 1. The zero-order chi connectivity index (χ0) is 24.3. The summed E-state index contributed by atoms with van der Waals surface area (Å²) in [4.78, 5) is 39.0. The monoisotopic (exact) mass is 479 g/mol. The molecule has 0 saturated carbocycles. The van der Waals surface area contributed by atoms with Gasteiger partial charge in [-0.2, -0.15) is 4.31 Å². The summed E-state index contributed by atoms with van der Waals surface area (Å²) in [6, 6.07) is 5.26. The van der Waals surface area contributed by atoms with Gasteiger partial charge in [0.05, 0.1) is 10.8 Å². The Hall–Kier alpha value is -3.32. The lowest BCUT2D eigenvalue weighted by atomic mass is 9.98. The van der Waals surface area contributed by atoms with E-state index in [1.54, 1.807) is 18.5 Å². The van der Waals surface area contributed by atoms with Gasteiger partial charge in [-0.15, -0.1) is 0 Å². The molecule has 0 aliphatic carbocycles. The third-order valence-electron chi connectivity index (χ3n) is 5.49. The minimum atomic E-state index is -3.75. The van der Waals surface area contributed by atoms with Crippen molar-refractivity contribution in [3.05, 3.63) is 46.4 Å². The minimum absolute atomic E-state index is 0.0277. The fourth-order valence-electron chi connectivity index (χ4n) is 3.35. The number of nitrogens with zero attached hydrogens (tertiary/aromatic N) is 4. The Labute approximate surface area is 190 Å². The third-order valence-corrected chi connectivity index (χ3v) is 7.26. The first-order valence-corrected chi connectivity index (χ1v) is 11.7. The highest BCUT2D eigenvalue weighted by Gasteiger charge is 2.35. The number of sulfonamides is 1. The Morgan fingerprint density at radius 2 is 1.85 bits per heavy atom. The normalized spacial score (nSPS) is 16.2. The number of nitro benzene ring substituents is 1. The van der Waals surface area contributed by atoms with E-state index < -0.39 is 38.8 Å². The van der Waals surface area contributed by atoms with Crippen LogP contribution in [0.2, 0.25) is 0 Å². The van der Waals surface area contributed by atoms with Crippen LogP contribution < -0.4 is 5.32 Å². The Balaban J connectivity index is 1.52. The van der Waals surface area contributed by atoms with E-state index in [-0.39, 0.29) is 36.6 Å².